The van der Waals surface area contributed by atoms with E-state index in [0.29, 0.717) is 25.2 Å². The first-order valence-electron chi connectivity index (χ1n) is 11.0. The number of hydrogen-bond donors (Lipinski definition) is 2. The van der Waals surface area contributed by atoms with Crippen LogP contribution in [0.4, 0.5) is 16.3 Å². The molecule has 3 aromatic carbocycles. The van der Waals surface area contributed by atoms with Gasteiger partial charge in [0.15, 0.2) is 0 Å². The van der Waals surface area contributed by atoms with Crippen molar-refractivity contribution in [1.82, 2.24) is 14.8 Å². The molecule has 0 radical (unpaired) electrons. The van der Waals surface area contributed by atoms with E-state index in [4.69, 9.17) is 0 Å². The first-order valence-corrected chi connectivity index (χ1v) is 11.0. The number of benzene rings is 3. The van der Waals surface area contributed by atoms with Crippen LogP contribution >= 0.6 is 0 Å². The molecule has 5 rings (SSSR count). The average molecular weight is 442 g/mol. The number of hydrogen-bond acceptors (Lipinski definition) is 4. The number of halogens is 1. The van der Waals surface area contributed by atoms with Crippen molar-refractivity contribution in [1.29, 1.82) is 0 Å². The fourth-order valence-electron chi connectivity index (χ4n) is 4.19. The fourth-order valence-corrected chi connectivity index (χ4v) is 4.19. The van der Waals surface area contributed by atoms with Gasteiger partial charge in [-0.1, -0.05) is 72.8 Å². The lowest BCUT2D eigenvalue weighted by molar-refractivity contribution is -0.116. The van der Waals surface area contributed by atoms with Crippen LogP contribution in [0.2, 0.25) is 0 Å². The van der Waals surface area contributed by atoms with Crippen molar-refractivity contribution in [2.24, 2.45) is 0 Å². The molecule has 0 saturated carbocycles. The van der Waals surface area contributed by atoms with Crippen LogP contribution in [-0.4, -0.2) is 20.7 Å². The summed E-state index contributed by atoms with van der Waals surface area (Å²) in [5.41, 5.74) is 3.17. The van der Waals surface area contributed by atoms with Gasteiger partial charge in [-0.05, 0) is 41.7 Å². The molecule has 7 heteroatoms. The normalized spacial score (nSPS) is 17.1. The summed E-state index contributed by atoms with van der Waals surface area (Å²) >= 11 is 0. The quantitative estimate of drug-likeness (QED) is 0.435. The van der Waals surface area contributed by atoms with Crippen molar-refractivity contribution < 1.29 is 9.18 Å². The predicted molar refractivity (Wildman–Crippen MR) is 125 cm³/mol. The van der Waals surface area contributed by atoms with E-state index in [1.807, 2.05) is 48.5 Å². The maximum Gasteiger partial charge on any atom is 0.250 e. The lowest BCUT2D eigenvalue weighted by atomic mass is 9.93. The Balaban J connectivity index is 1.38. The summed E-state index contributed by atoms with van der Waals surface area (Å²) in [6.45, 7) is 0. The third-order valence-corrected chi connectivity index (χ3v) is 5.88. The van der Waals surface area contributed by atoms with E-state index in [9.17, 15) is 9.18 Å². The number of amides is 1. The number of aromatic nitrogens is 3. The maximum atomic E-state index is 13.5. The lowest BCUT2D eigenvalue weighted by Gasteiger charge is -2.31. The van der Waals surface area contributed by atoms with Crippen molar-refractivity contribution in [2.45, 2.75) is 31.3 Å². The summed E-state index contributed by atoms with van der Waals surface area (Å²) in [6.07, 6.45) is 1.70. The molecule has 0 saturated heterocycles. The Hall–Kier alpha value is -4.00. The molecule has 6 nitrogen and oxygen atoms in total. The SMILES string of the molecule is O=C(CCc1ccccc1)Nc1nc2n(n1)[C@@H](c1ccc(F)cc1)C[C@H](c1ccccc1)N2. The van der Waals surface area contributed by atoms with E-state index in [1.165, 1.54) is 12.1 Å². The highest BCUT2D eigenvalue weighted by Gasteiger charge is 2.31. The minimum absolute atomic E-state index is 0.0135. The monoisotopic (exact) mass is 441 g/mol. The standard InChI is InChI=1S/C26H24FN5O/c27-21-14-12-20(13-15-21)23-17-22(19-9-5-2-6-10-19)28-26-30-25(31-32(23)26)29-24(33)16-11-18-7-3-1-4-8-18/h1-10,12-15,22-23H,11,16-17H2,(H2,28,29,30,31,33)/t22-,23-/m1/s1. The van der Waals surface area contributed by atoms with E-state index in [2.05, 4.69) is 32.8 Å². The van der Waals surface area contributed by atoms with Gasteiger partial charge < -0.3 is 5.32 Å². The highest BCUT2D eigenvalue weighted by molar-refractivity contribution is 5.89. The third-order valence-electron chi connectivity index (χ3n) is 5.88. The molecule has 0 fully saturated rings. The Kier molecular flexibility index (Phi) is 5.85. The van der Waals surface area contributed by atoms with Crippen LogP contribution in [0, 0.1) is 5.82 Å². The molecule has 1 amide bonds. The molecule has 2 heterocycles. The number of carbonyl (C=O) groups is 1. The number of carbonyl (C=O) groups excluding carboxylic acids is 1. The molecule has 0 aliphatic carbocycles. The lowest BCUT2D eigenvalue weighted by Crippen LogP contribution is -2.28. The largest absolute Gasteiger partial charge is 0.347 e. The molecule has 33 heavy (non-hydrogen) atoms. The van der Waals surface area contributed by atoms with Gasteiger partial charge in [0.2, 0.25) is 11.9 Å². The molecule has 0 bridgehead atoms. The molecule has 2 N–H and O–H groups in total. The van der Waals surface area contributed by atoms with Crippen LogP contribution in [0.1, 0.15) is 41.6 Å². The van der Waals surface area contributed by atoms with E-state index in [-0.39, 0.29) is 29.8 Å². The minimum atomic E-state index is -0.280. The second kappa shape index (κ2) is 9.24. The van der Waals surface area contributed by atoms with Crippen molar-refractivity contribution in [3.8, 4) is 0 Å². The van der Waals surface area contributed by atoms with Crippen molar-refractivity contribution >= 4 is 17.8 Å². The maximum absolute atomic E-state index is 13.5. The first kappa shape index (κ1) is 20.9. The van der Waals surface area contributed by atoms with Gasteiger partial charge in [0.25, 0.3) is 5.95 Å². The molecular formula is C26H24FN5O. The summed E-state index contributed by atoms with van der Waals surface area (Å²) < 4.78 is 15.3. The van der Waals surface area contributed by atoms with Crippen LogP contribution in [0.5, 0.6) is 0 Å². The van der Waals surface area contributed by atoms with E-state index in [0.717, 1.165) is 16.7 Å². The van der Waals surface area contributed by atoms with Gasteiger partial charge in [-0.25, -0.2) is 9.07 Å². The Morgan fingerprint density at radius 1 is 0.970 bits per heavy atom. The Bertz CT molecular complexity index is 1220. The molecule has 1 aromatic heterocycles. The van der Waals surface area contributed by atoms with Crippen molar-refractivity contribution in [3.63, 3.8) is 0 Å². The number of rotatable bonds is 6. The Morgan fingerprint density at radius 2 is 1.67 bits per heavy atom. The molecule has 1 aliphatic rings. The number of aryl methyl sites for hydroxylation is 1. The Morgan fingerprint density at radius 3 is 2.39 bits per heavy atom. The Labute approximate surface area is 191 Å². The molecule has 0 spiro atoms. The summed E-state index contributed by atoms with van der Waals surface area (Å²) in [5.74, 6) is 0.413. The van der Waals surface area contributed by atoms with Crippen LogP contribution in [0.15, 0.2) is 84.9 Å². The van der Waals surface area contributed by atoms with Crippen molar-refractivity contribution in [2.75, 3.05) is 10.6 Å². The van der Waals surface area contributed by atoms with E-state index < -0.39 is 0 Å². The minimum Gasteiger partial charge on any atom is -0.347 e. The third kappa shape index (κ3) is 4.77. The summed E-state index contributed by atoms with van der Waals surface area (Å²) in [7, 11) is 0. The zero-order valence-corrected chi connectivity index (χ0v) is 18.0. The number of fused-ring (bicyclic) bond motifs is 1. The van der Waals surface area contributed by atoms with Crippen LogP contribution in [-0.2, 0) is 11.2 Å². The number of nitrogens with zero attached hydrogens (tertiary/aromatic N) is 3. The van der Waals surface area contributed by atoms with E-state index >= 15 is 0 Å². The zero-order valence-electron chi connectivity index (χ0n) is 18.0. The van der Waals surface area contributed by atoms with Crippen LogP contribution < -0.4 is 10.6 Å². The smallest absolute Gasteiger partial charge is 0.250 e. The van der Waals surface area contributed by atoms with Gasteiger partial charge in [-0.3, -0.25) is 10.1 Å². The second-order valence-corrected chi connectivity index (χ2v) is 8.15. The highest BCUT2D eigenvalue weighted by atomic mass is 19.1. The average Bonchev–Trinajstić information content (AvgIpc) is 3.26. The molecular weight excluding hydrogens is 417 g/mol. The molecule has 166 valence electrons. The highest BCUT2D eigenvalue weighted by Crippen LogP contribution is 2.38. The zero-order chi connectivity index (χ0) is 22.6. The van der Waals surface area contributed by atoms with Gasteiger partial charge in [0.1, 0.15) is 5.82 Å². The number of nitrogens with one attached hydrogen (secondary N) is 2. The topological polar surface area (TPSA) is 71.8 Å². The van der Waals surface area contributed by atoms with Gasteiger partial charge in [-0.15, -0.1) is 5.10 Å². The second-order valence-electron chi connectivity index (χ2n) is 8.15. The molecule has 2 atom stereocenters. The van der Waals surface area contributed by atoms with Gasteiger partial charge in [0.05, 0.1) is 12.1 Å². The summed E-state index contributed by atoms with van der Waals surface area (Å²) in [4.78, 5) is 17.1. The van der Waals surface area contributed by atoms with E-state index in [1.54, 1.807) is 16.8 Å². The predicted octanol–water partition coefficient (Wildman–Crippen LogP) is 5.13. The number of anilines is 2. The van der Waals surface area contributed by atoms with Gasteiger partial charge in [-0.2, -0.15) is 4.98 Å². The molecule has 1 aliphatic heterocycles. The molecule has 4 aromatic rings. The first-order chi connectivity index (χ1) is 16.2. The summed E-state index contributed by atoms with van der Waals surface area (Å²) in [5, 5.41) is 10.8. The fraction of sp³-hybridized carbons (Fsp3) is 0.192. The summed E-state index contributed by atoms with van der Waals surface area (Å²) in [6, 6.07) is 26.3. The van der Waals surface area contributed by atoms with Gasteiger partial charge >= 0.3 is 0 Å². The molecule has 0 unspecified atom stereocenters. The van der Waals surface area contributed by atoms with Gasteiger partial charge in [0, 0.05) is 6.42 Å². The van der Waals surface area contributed by atoms with Crippen molar-refractivity contribution in [3.05, 3.63) is 107 Å². The van der Waals surface area contributed by atoms with Crippen LogP contribution in [0.25, 0.3) is 0 Å². The van der Waals surface area contributed by atoms with Crippen LogP contribution in [0.3, 0.4) is 0 Å².